The molecule has 1 rings (SSSR count). The monoisotopic (exact) mass is 218 g/mol. The highest BCUT2D eigenvalue weighted by Crippen LogP contribution is 2.19. The molecule has 0 bridgehead atoms. The molecule has 86 valence electrons. The first-order valence-corrected chi connectivity index (χ1v) is 5.33. The van der Waals surface area contributed by atoms with E-state index in [1.54, 1.807) is 6.92 Å². The molecule has 0 aliphatic rings. The van der Waals surface area contributed by atoms with Gasteiger partial charge < -0.3 is 4.74 Å². The Labute approximate surface area is 96.9 Å². The lowest BCUT2D eigenvalue weighted by Gasteiger charge is -2.21. The predicted molar refractivity (Wildman–Crippen MR) is 66.5 cm³/mol. The molecule has 0 fully saturated rings. The number of hydrogen-bond acceptors (Lipinski definition) is 2. The molecule has 0 heterocycles. The Morgan fingerprint density at radius 3 is 2.19 bits per heavy atom. The standard InChI is InChI=1S/C14H18O2/c1-11(10-15)9-12-5-7-13(8-6-12)16-14(2,3)4/h5-10H,1-4H3. The van der Waals surface area contributed by atoms with Crippen LogP contribution in [0.4, 0.5) is 0 Å². The highest BCUT2D eigenvalue weighted by molar-refractivity contribution is 5.80. The van der Waals surface area contributed by atoms with E-state index >= 15 is 0 Å². The van der Waals surface area contributed by atoms with Gasteiger partial charge in [-0.2, -0.15) is 0 Å². The first-order chi connectivity index (χ1) is 7.40. The predicted octanol–water partition coefficient (Wildman–Crippen LogP) is 3.47. The van der Waals surface area contributed by atoms with E-state index in [9.17, 15) is 4.79 Å². The normalized spacial score (nSPS) is 12.4. The van der Waals surface area contributed by atoms with Crippen LogP contribution in [0.1, 0.15) is 33.3 Å². The fourth-order valence-corrected chi connectivity index (χ4v) is 1.28. The summed E-state index contributed by atoms with van der Waals surface area (Å²) in [6, 6.07) is 7.70. The maximum atomic E-state index is 10.5. The maximum Gasteiger partial charge on any atom is 0.145 e. The Bertz CT molecular complexity index is 380. The summed E-state index contributed by atoms with van der Waals surface area (Å²) >= 11 is 0. The van der Waals surface area contributed by atoms with Crippen LogP contribution in [0.2, 0.25) is 0 Å². The number of carbonyl (C=O) groups excluding carboxylic acids is 1. The van der Waals surface area contributed by atoms with Crippen LogP contribution in [0.15, 0.2) is 29.8 Å². The van der Waals surface area contributed by atoms with Gasteiger partial charge in [-0.05, 0) is 57.0 Å². The molecule has 0 saturated heterocycles. The van der Waals surface area contributed by atoms with Crippen molar-refractivity contribution in [2.24, 2.45) is 0 Å². The van der Waals surface area contributed by atoms with Crippen LogP contribution in [0, 0.1) is 0 Å². The number of hydrogen-bond donors (Lipinski definition) is 0. The summed E-state index contributed by atoms with van der Waals surface area (Å²) in [6.45, 7) is 7.82. The third-order valence-electron chi connectivity index (χ3n) is 1.88. The highest BCUT2D eigenvalue weighted by atomic mass is 16.5. The Morgan fingerprint density at radius 1 is 1.19 bits per heavy atom. The van der Waals surface area contributed by atoms with Gasteiger partial charge in [-0.1, -0.05) is 12.1 Å². The lowest BCUT2D eigenvalue weighted by molar-refractivity contribution is -0.104. The van der Waals surface area contributed by atoms with Crippen molar-refractivity contribution in [1.82, 2.24) is 0 Å². The minimum Gasteiger partial charge on any atom is -0.488 e. The van der Waals surface area contributed by atoms with E-state index in [2.05, 4.69) is 0 Å². The van der Waals surface area contributed by atoms with Crippen LogP contribution in [-0.4, -0.2) is 11.9 Å². The summed E-state index contributed by atoms with van der Waals surface area (Å²) in [4.78, 5) is 10.5. The quantitative estimate of drug-likeness (QED) is 0.573. The Kier molecular flexibility index (Phi) is 3.88. The number of rotatable bonds is 3. The lowest BCUT2D eigenvalue weighted by atomic mass is 10.1. The molecule has 2 heteroatoms. The van der Waals surface area contributed by atoms with Gasteiger partial charge in [-0.25, -0.2) is 0 Å². The van der Waals surface area contributed by atoms with Crippen molar-refractivity contribution in [3.05, 3.63) is 35.4 Å². The average Bonchev–Trinajstić information content (AvgIpc) is 2.18. The number of aldehydes is 1. The molecule has 1 aromatic carbocycles. The van der Waals surface area contributed by atoms with Gasteiger partial charge >= 0.3 is 0 Å². The highest BCUT2D eigenvalue weighted by Gasteiger charge is 2.10. The van der Waals surface area contributed by atoms with Crippen molar-refractivity contribution in [3.63, 3.8) is 0 Å². The molecule has 0 spiro atoms. The second-order valence-electron chi connectivity index (χ2n) is 4.79. The van der Waals surface area contributed by atoms with E-state index < -0.39 is 0 Å². The van der Waals surface area contributed by atoms with Crippen LogP contribution in [-0.2, 0) is 4.79 Å². The van der Waals surface area contributed by atoms with E-state index in [4.69, 9.17) is 4.74 Å². The molecule has 0 atom stereocenters. The summed E-state index contributed by atoms with van der Waals surface area (Å²) in [7, 11) is 0. The van der Waals surface area contributed by atoms with E-state index in [1.807, 2.05) is 51.1 Å². The maximum absolute atomic E-state index is 10.5. The van der Waals surface area contributed by atoms with Gasteiger partial charge in [0.2, 0.25) is 0 Å². The molecule has 0 N–H and O–H groups in total. The summed E-state index contributed by atoms with van der Waals surface area (Å²) in [5, 5.41) is 0. The van der Waals surface area contributed by atoms with Gasteiger partial charge in [-0.15, -0.1) is 0 Å². The van der Waals surface area contributed by atoms with E-state index in [0.29, 0.717) is 5.57 Å². The Hall–Kier alpha value is -1.57. The minimum atomic E-state index is -0.184. The smallest absolute Gasteiger partial charge is 0.145 e. The fraction of sp³-hybridized carbons (Fsp3) is 0.357. The van der Waals surface area contributed by atoms with E-state index in [-0.39, 0.29) is 5.60 Å². The molecule has 0 unspecified atom stereocenters. The molecule has 0 saturated carbocycles. The molecule has 0 aliphatic heterocycles. The first kappa shape index (κ1) is 12.5. The van der Waals surface area contributed by atoms with E-state index in [0.717, 1.165) is 17.6 Å². The van der Waals surface area contributed by atoms with Crippen molar-refractivity contribution < 1.29 is 9.53 Å². The summed E-state index contributed by atoms with van der Waals surface area (Å²) in [5.41, 5.74) is 1.53. The molecule has 2 nitrogen and oxygen atoms in total. The lowest BCUT2D eigenvalue weighted by Crippen LogP contribution is -2.22. The second-order valence-corrected chi connectivity index (χ2v) is 4.79. The Balaban J connectivity index is 2.80. The second kappa shape index (κ2) is 4.97. The molecule has 16 heavy (non-hydrogen) atoms. The van der Waals surface area contributed by atoms with Crippen molar-refractivity contribution in [2.45, 2.75) is 33.3 Å². The largest absolute Gasteiger partial charge is 0.488 e. The van der Waals surface area contributed by atoms with Crippen molar-refractivity contribution >= 4 is 12.4 Å². The molecule has 0 radical (unpaired) electrons. The average molecular weight is 218 g/mol. The Morgan fingerprint density at radius 2 is 1.75 bits per heavy atom. The van der Waals surface area contributed by atoms with Crippen molar-refractivity contribution in [1.29, 1.82) is 0 Å². The van der Waals surface area contributed by atoms with Gasteiger partial charge in [0.25, 0.3) is 0 Å². The minimum absolute atomic E-state index is 0.184. The third-order valence-corrected chi connectivity index (χ3v) is 1.88. The zero-order chi connectivity index (χ0) is 12.2. The molecule has 0 aliphatic carbocycles. The van der Waals surface area contributed by atoms with Crippen LogP contribution in [0.3, 0.4) is 0 Å². The fourth-order valence-electron chi connectivity index (χ4n) is 1.28. The number of allylic oxidation sites excluding steroid dienone is 1. The summed E-state index contributed by atoms with van der Waals surface area (Å²) < 4.78 is 5.70. The molecular weight excluding hydrogens is 200 g/mol. The SMILES string of the molecule is CC(C=O)=Cc1ccc(OC(C)(C)C)cc1. The molecular formula is C14H18O2. The van der Waals surface area contributed by atoms with Gasteiger partial charge in [-0.3, -0.25) is 4.79 Å². The van der Waals surface area contributed by atoms with Crippen molar-refractivity contribution in [2.75, 3.05) is 0 Å². The molecule has 0 amide bonds. The van der Waals surface area contributed by atoms with Gasteiger partial charge in [0.05, 0.1) is 0 Å². The number of carbonyl (C=O) groups is 1. The number of ether oxygens (including phenoxy) is 1. The van der Waals surface area contributed by atoms with Crippen LogP contribution in [0.5, 0.6) is 5.75 Å². The third kappa shape index (κ3) is 4.30. The zero-order valence-electron chi connectivity index (χ0n) is 10.3. The van der Waals surface area contributed by atoms with Crippen LogP contribution >= 0.6 is 0 Å². The molecule has 0 aromatic heterocycles. The van der Waals surface area contributed by atoms with Gasteiger partial charge in [0.1, 0.15) is 17.6 Å². The van der Waals surface area contributed by atoms with Crippen LogP contribution in [0.25, 0.3) is 6.08 Å². The van der Waals surface area contributed by atoms with Crippen molar-refractivity contribution in [3.8, 4) is 5.75 Å². The molecule has 1 aromatic rings. The van der Waals surface area contributed by atoms with Gasteiger partial charge in [0.15, 0.2) is 0 Å². The summed E-state index contributed by atoms with van der Waals surface area (Å²) in [6.07, 6.45) is 2.69. The first-order valence-electron chi connectivity index (χ1n) is 5.33. The van der Waals surface area contributed by atoms with Gasteiger partial charge in [0, 0.05) is 0 Å². The topological polar surface area (TPSA) is 26.3 Å². The van der Waals surface area contributed by atoms with Crippen LogP contribution < -0.4 is 4.74 Å². The summed E-state index contributed by atoms with van der Waals surface area (Å²) in [5.74, 6) is 0.841. The zero-order valence-corrected chi connectivity index (χ0v) is 10.3. The van der Waals surface area contributed by atoms with E-state index in [1.165, 1.54) is 0 Å². The number of benzene rings is 1.